The fraction of sp³-hybridized carbons (Fsp3) is 0.485. The highest BCUT2D eigenvalue weighted by Gasteiger charge is 2.69. The van der Waals surface area contributed by atoms with Gasteiger partial charge in [-0.2, -0.15) is 0 Å². The Hall–Kier alpha value is -3.73. The van der Waals surface area contributed by atoms with Gasteiger partial charge >= 0.3 is 0 Å². The first-order valence-electron chi connectivity index (χ1n) is 14.8. The number of likely N-dealkylation sites (N-methyl/N-ethyl adjacent to an activating group) is 1. The van der Waals surface area contributed by atoms with Crippen LogP contribution < -0.4 is 11.1 Å². The van der Waals surface area contributed by atoms with Gasteiger partial charge in [0.25, 0.3) is 0 Å². The maximum atomic E-state index is 14.1. The molecule has 2 aromatic carbocycles. The summed E-state index contributed by atoms with van der Waals surface area (Å²) in [6.07, 6.45) is 0.956. The number of aliphatic hydroxyl groups is 1. The third-order valence-electron chi connectivity index (χ3n) is 9.50. The molecule has 228 valence electrons. The van der Waals surface area contributed by atoms with Crippen LogP contribution in [0.4, 0.5) is 0 Å². The standard InChI is InChI=1S/C33H39N3O7/c1-6-17-8-7-16(14-35-15(2)3)11-20(17)19-9-10-23(37)25-21(19)12-18-13-22-27(36(4)5)29(39)26(32(34)42)31(41)33(22,43)30(40)24(18)28(25)38/h7-11,15,18,22,24,26-27,35,37,43H,6,12-14H2,1-5H3,(H2,34,42). The summed E-state index contributed by atoms with van der Waals surface area (Å²) in [5.41, 5.74) is 7.04. The first kappa shape index (κ1) is 30.7. The Kier molecular flexibility index (Phi) is 7.91. The Balaban J connectivity index is 1.64. The zero-order chi connectivity index (χ0) is 31.5. The molecule has 0 spiro atoms. The Labute approximate surface area is 250 Å². The average Bonchev–Trinajstić information content (AvgIpc) is 2.93. The van der Waals surface area contributed by atoms with E-state index >= 15 is 0 Å². The number of hydrogen-bond acceptors (Lipinski definition) is 9. The van der Waals surface area contributed by atoms with E-state index in [2.05, 4.69) is 37.4 Å². The van der Waals surface area contributed by atoms with Crippen LogP contribution in [0.1, 0.15) is 54.2 Å². The summed E-state index contributed by atoms with van der Waals surface area (Å²) in [5, 5.41) is 26.1. The van der Waals surface area contributed by atoms with Gasteiger partial charge in [-0.25, -0.2) is 0 Å². The van der Waals surface area contributed by atoms with E-state index in [4.69, 9.17) is 5.73 Å². The zero-order valence-corrected chi connectivity index (χ0v) is 25.1. The first-order valence-corrected chi connectivity index (χ1v) is 14.8. The van der Waals surface area contributed by atoms with Gasteiger partial charge in [0, 0.05) is 18.5 Å². The van der Waals surface area contributed by atoms with Crippen LogP contribution >= 0.6 is 0 Å². The van der Waals surface area contributed by atoms with Crippen LogP contribution in [0.25, 0.3) is 11.1 Å². The van der Waals surface area contributed by atoms with Gasteiger partial charge < -0.3 is 21.3 Å². The second-order valence-corrected chi connectivity index (χ2v) is 12.7. The van der Waals surface area contributed by atoms with Gasteiger partial charge in [0.05, 0.1) is 17.5 Å². The maximum Gasteiger partial charge on any atom is 0.235 e. The maximum absolute atomic E-state index is 14.1. The molecule has 0 saturated heterocycles. The van der Waals surface area contributed by atoms with Crippen LogP contribution in [0.2, 0.25) is 0 Å². The minimum absolute atomic E-state index is 0.00291. The van der Waals surface area contributed by atoms with E-state index in [0.29, 0.717) is 12.1 Å². The van der Waals surface area contributed by atoms with E-state index in [0.717, 1.165) is 28.7 Å². The quantitative estimate of drug-likeness (QED) is 0.351. The highest BCUT2D eigenvalue weighted by molar-refractivity contribution is 6.32. The molecule has 2 saturated carbocycles. The van der Waals surface area contributed by atoms with Crippen LogP contribution in [0.3, 0.4) is 0 Å². The van der Waals surface area contributed by atoms with Crippen LogP contribution in [-0.2, 0) is 38.6 Å². The number of phenols is 1. The molecular weight excluding hydrogens is 550 g/mol. The van der Waals surface area contributed by atoms with Gasteiger partial charge in [0.2, 0.25) is 5.91 Å². The smallest absolute Gasteiger partial charge is 0.235 e. The number of hydrogen-bond donors (Lipinski definition) is 4. The van der Waals surface area contributed by atoms with Crippen molar-refractivity contribution in [3.63, 3.8) is 0 Å². The summed E-state index contributed by atoms with van der Waals surface area (Å²) in [7, 11) is 3.14. The number of ketones is 4. The second kappa shape index (κ2) is 11.1. The lowest BCUT2D eigenvalue weighted by molar-refractivity contribution is -0.181. The van der Waals surface area contributed by atoms with E-state index in [1.54, 1.807) is 20.2 Å². The normalized spacial score (nSPS) is 28.6. The third kappa shape index (κ3) is 4.72. The Bertz CT molecular complexity index is 1550. The number of Topliss-reactive ketones (excluding diaryl/α,β-unsaturated/α-hetero) is 4. The summed E-state index contributed by atoms with van der Waals surface area (Å²) < 4.78 is 0. The molecule has 6 unspecified atom stereocenters. The van der Waals surface area contributed by atoms with Crippen molar-refractivity contribution in [1.82, 2.24) is 10.2 Å². The Morgan fingerprint density at radius 2 is 1.79 bits per heavy atom. The summed E-state index contributed by atoms with van der Waals surface area (Å²) in [5.74, 6) is -10.5. The third-order valence-corrected chi connectivity index (χ3v) is 9.50. The van der Waals surface area contributed by atoms with Crippen molar-refractivity contribution in [3.05, 3.63) is 52.6 Å². The van der Waals surface area contributed by atoms with E-state index in [9.17, 15) is 34.2 Å². The number of carbonyl (C=O) groups is 5. The topological polar surface area (TPSA) is 167 Å². The summed E-state index contributed by atoms with van der Waals surface area (Å²) in [6.45, 7) is 6.81. The fourth-order valence-corrected chi connectivity index (χ4v) is 7.47. The lowest BCUT2D eigenvalue weighted by atomic mass is 9.52. The minimum Gasteiger partial charge on any atom is -0.507 e. The van der Waals surface area contributed by atoms with Crippen molar-refractivity contribution in [2.45, 2.75) is 64.3 Å². The Morgan fingerprint density at radius 1 is 1.09 bits per heavy atom. The molecule has 0 aromatic heterocycles. The molecule has 10 nitrogen and oxygen atoms in total. The molecule has 10 heteroatoms. The zero-order valence-electron chi connectivity index (χ0n) is 25.1. The number of nitrogens with two attached hydrogens (primary N) is 1. The monoisotopic (exact) mass is 589 g/mol. The van der Waals surface area contributed by atoms with Crippen LogP contribution in [0, 0.1) is 23.7 Å². The van der Waals surface area contributed by atoms with Gasteiger partial charge in [0.1, 0.15) is 5.75 Å². The lowest BCUT2D eigenvalue weighted by Gasteiger charge is -2.52. The van der Waals surface area contributed by atoms with Gasteiger partial charge in [-0.15, -0.1) is 0 Å². The van der Waals surface area contributed by atoms with Crippen LogP contribution in [0.15, 0.2) is 30.3 Å². The average molecular weight is 590 g/mol. The number of nitrogens with zero attached hydrogens (tertiary/aromatic N) is 1. The molecule has 5 N–H and O–H groups in total. The van der Waals surface area contributed by atoms with Gasteiger partial charge in [-0.1, -0.05) is 39.0 Å². The van der Waals surface area contributed by atoms with Crippen molar-refractivity contribution < 1.29 is 34.2 Å². The SMILES string of the molecule is CCc1ccc(CNC(C)C)cc1-c1ccc(O)c2c1CC1CC3C(N(C)C)C(=O)C(C(N)=O)C(=O)C3(O)C(=O)C1C2=O. The molecule has 3 aliphatic rings. The number of nitrogens with one attached hydrogen (secondary N) is 1. The highest BCUT2D eigenvalue weighted by Crippen LogP contribution is 2.52. The largest absolute Gasteiger partial charge is 0.507 e. The molecule has 0 aliphatic heterocycles. The van der Waals surface area contributed by atoms with E-state index < -0.39 is 64.4 Å². The highest BCUT2D eigenvalue weighted by atomic mass is 16.3. The molecule has 1 amide bonds. The molecule has 5 rings (SSSR count). The number of rotatable bonds is 7. The van der Waals surface area contributed by atoms with Crippen LogP contribution in [-0.4, -0.2) is 75.9 Å². The summed E-state index contributed by atoms with van der Waals surface area (Å²) >= 11 is 0. The first-order chi connectivity index (χ1) is 20.2. The molecule has 6 atom stereocenters. The Morgan fingerprint density at radius 3 is 2.40 bits per heavy atom. The minimum atomic E-state index is -2.74. The van der Waals surface area contributed by atoms with E-state index in [1.807, 2.05) is 6.92 Å². The van der Waals surface area contributed by atoms with Gasteiger partial charge in [-0.05, 0) is 79.2 Å². The van der Waals surface area contributed by atoms with Gasteiger partial charge in [0.15, 0.2) is 34.7 Å². The number of carbonyl (C=O) groups excluding carboxylic acids is 5. The number of fused-ring (bicyclic) bond motifs is 3. The molecule has 3 aliphatic carbocycles. The molecular formula is C33H39N3O7. The van der Waals surface area contributed by atoms with Gasteiger partial charge in [-0.3, -0.25) is 28.9 Å². The predicted octanol–water partition coefficient (Wildman–Crippen LogP) is 1.59. The van der Waals surface area contributed by atoms with Crippen molar-refractivity contribution >= 4 is 29.0 Å². The molecule has 2 fully saturated rings. The molecule has 0 radical (unpaired) electrons. The van der Waals surface area contributed by atoms with Crippen molar-refractivity contribution in [3.8, 4) is 16.9 Å². The number of aromatic hydroxyl groups is 1. The summed E-state index contributed by atoms with van der Waals surface area (Å²) in [6, 6.07) is 8.56. The second-order valence-electron chi connectivity index (χ2n) is 12.7. The predicted molar refractivity (Wildman–Crippen MR) is 158 cm³/mol. The number of aryl methyl sites for hydroxylation is 1. The molecule has 0 bridgehead atoms. The van der Waals surface area contributed by atoms with Crippen molar-refractivity contribution in [1.29, 1.82) is 0 Å². The van der Waals surface area contributed by atoms with Crippen LogP contribution in [0.5, 0.6) is 5.75 Å². The van der Waals surface area contributed by atoms with Crippen molar-refractivity contribution in [2.24, 2.45) is 29.4 Å². The number of phenolic OH excluding ortho intramolecular Hbond substituents is 1. The number of benzene rings is 2. The van der Waals surface area contributed by atoms with Crippen molar-refractivity contribution in [2.75, 3.05) is 14.1 Å². The number of primary amides is 1. The van der Waals surface area contributed by atoms with E-state index in [1.165, 1.54) is 11.0 Å². The summed E-state index contributed by atoms with van der Waals surface area (Å²) in [4.78, 5) is 68.6. The van der Waals surface area contributed by atoms with E-state index in [-0.39, 0.29) is 30.2 Å². The number of amides is 1. The molecule has 0 heterocycles. The fourth-order valence-electron chi connectivity index (χ4n) is 7.47. The lowest BCUT2D eigenvalue weighted by Crippen LogP contribution is -2.74. The molecule has 2 aromatic rings. The molecule has 43 heavy (non-hydrogen) atoms.